The first kappa shape index (κ1) is 22.7. The lowest BCUT2D eigenvalue weighted by Crippen LogP contribution is -2.52. The van der Waals surface area contributed by atoms with Crippen LogP contribution in [0.25, 0.3) is 0 Å². The summed E-state index contributed by atoms with van der Waals surface area (Å²) in [6, 6.07) is 10.7. The summed E-state index contributed by atoms with van der Waals surface area (Å²) in [4.78, 5) is 27.5. The predicted molar refractivity (Wildman–Crippen MR) is 113 cm³/mol. The third-order valence-corrected chi connectivity index (χ3v) is 5.53. The fraction of sp³-hybridized carbons (Fsp3) is 0.417. The molecule has 0 bridgehead atoms. The molecule has 0 aliphatic heterocycles. The first-order valence-corrected chi connectivity index (χ1v) is 10.7. The summed E-state index contributed by atoms with van der Waals surface area (Å²) in [6.45, 7) is 1.72. The van der Waals surface area contributed by atoms with Crippen LogP contribution in [0.5, 0.6) is 5.75 Å². The van der Waals surface area contributed by atoms with Crippen LogP contribution in [-0.4, -0.2) is 35.4 Å². The van der Waals surface area contributed by atoms with Gasteiger partial charge in [-0.25, -0.2) is 8.78 Å². The fourth-order valence-corrected chi connectivity index (χ4v) is 3.83. The number of ether oxygens (including phenoxy) is 1. The molecule has 0 heterocycles. The second kappa shape index (κ2) is 10.9. The molecule has 1 aliphatic rings. The van der Waals surface area contributed by atoms with Crippen molar-refractivity contribution < 1.29 is 23.1 Å². The average Bonchev–Trinajstić information content (AvgIpc) is 3.27. The van der Waals surface area contributed by atoms with Crippen LogP contribution in [0.1, 0.15) is 44.6 Å². The van der Waals surface area contributed by atoms with Crippen LogP contribution in [0.3, 0.4) is 0 Å². The molecule has 5 nitrogen and oxygen atoms in total. The first-order valence-electron chi connectivity index (χ1n) is 10.7. The Balaban J connectivity index is 1.74. The van der Waals surface area contributed by atoms with Crippen LogP contribution in [0.4, 0.5) is 8.78 Å². The van der Waals surface area contributed by atoms with Crippen LogP contribution >= 0.6 is 0 Å². The van der Waals surface area contributed by atoms with Crippen LogP contribution in [0, 0.1) is 11.6 Å². The molecule has 166 valence electrons. The van der Waals surface area contributed by atoms with Gasteiger partial charge in [0.05, 0.1) is 0 Å². The molecule has 31 heavy (non-hydrogen) atoms. The number of carbonyl (C=O) groups excluding carboxylic acids is 2. The summed E-state index contributed by atoms with van der Waals surface area (Å²) in [5.74, 6) is -0.966. The molecule has 1 N–H and O–H groups in total. The van der Waals surface area contributed by atoms with Crippen LogP contribution in [0.15, 0.2) is 48.5 Å². The maximum Gasteiger partial charge on any atom is 0.261 e. The van der Waals surface area contributed by atoms with Gasteiger partial charge in [-0.15, -0.1) is 0 Å². The fourth-order valence-electron chi connectivity index (χ4n) is 3.83. The van der Waals surface area contributed by atoms with Gasteiger partial charge in [0.2, 0.25) is 5.91 Å². The van der Waals surface area contributed by atoms with Gasteiger partial charge < -0.3 is 15.0 Å². The molecular formula is C24H28F2N2O3. The summed E-state index contributed by atoms with van der Waals surface area (Å²) in [5.41, 5.74) is 0.712. The third kappa shape index (κ3) is 6.51. The summed E-state index contributed by atoms with van der Waals surface area (Å²) in [7, 11) is 0. The van der Waals surface area contributed by atoms with Gasteiger partial charge in [0.15, 0.2) is 6.61 Å². The van der Waals surface area contributed by atoms with E-state index in [0.29, 0.717) is 17.7 Å². The Hall–Kier alpha value is -2.96. The lowest BCUT2D eigenvalue weighted by atomic mass is 10.1. The van der Waals surface area contributed by atoms with Crippen molar-refractivity contribution in [2.45, 2.75) is 57.7 Å². The lowest BCUT2D eigenvalue weighted by molar-refractivity contribution is -0.143. The SMILES string of the molecule is CC[C@H](C(=O)NC1CCCC1)N(Cc1ccc(F)cc1)C(=O)COc1ccc(F)cc1. The van der Waals surface area contributed by atoms with Gasteiger partial charge in [-0.3, -0.25) is 9.59 Å². The second-order valence-electron chi connectivity index (χ2n) is 7.80. The largest absolute Gasteiger partial charge is 0.484 e. The molecule has 0 saturated heterocycles. The van der Waals surface area contributed by atoms with Crippen LogP contribution in [0.2, 0.25) is 0 Å². The minimum Gasteiger partial charge on any atom is -0.484 e. The molecule has 2 aromatic rings. The van der Waals surface area contributed by atoms with Gasteiger partial charge in [-0.1, -0.05) is 31.9 Å². The summed E-state index contributed by atoms with van der Waals surface area (Å²) in [5, 5.41) is 3.06. The van der Waals surface area contributed by atoms with Crippen molar-refractivity contribution in [3.05, 3.63) is 65.7 Å². The highest BCUT2D eigenvalue weighted by molar-refractivity contribution is 5.88. The number of nitrogens with zero attached hydrogens (tertiary/aromatic N) is 1. The second-order valence-corrected chi connectivity index (χ2v) is 7.80. The van der Waals surface area contributed by atoms with E-state index >= 15 is 0 Å². The topological polar surface area (TPSA) is 58.6 Å². The molecule has 0 spiro atoms. The summed E-state index contributed by atoms with van der Waals surface area (Å²) < 4.78 is 31.9. The van der Waals surface area contributed by atoms with Crippen molar-refractivity contribution in [2.75, 3.05) is 6.61 Å². The Morgan fingerprint density at radius 2 is 1.61 bits per heavy atom. The molecule has 0 unspecified atom stereocenters. The van der Waals surface area contributed by atoms with Crippen molar-refractivity contribution >= 4 is 11.8 Å². The summed E-state index contributed by atoms with van der Waals surface area (Å²) >= 11 is 0. The molecular weight excluding hydrogens is 402 g/mol. The van der Waals surface area contributed by atoms with Crippen molar-refractivity contribution in [3.8, 4) is 5.75 Å². The number of hydrogen-bond donors (Lipinski definition) is 1. The highest BCUT2D eigenvalue weighted by Crippen LogP contribution is 2.20. The van der Waals surface area contributed by atoms with Gasteiger partial charge in [-0.2, -0.15) is 0 Å². The Kier molecular flexibility index (Phi) is 7.98. The lowest BCUT2D eigenvalue weighted by Gasteiger charge is -2.31. The zero-order valence-electron chi connectivity index (χ0n) is 17.7. The standard InChI is InChI=1S/C24H28F2N2O3/c1-2-22(24(30)27-20-5-3-4-6-20)28(15-17-7-9-18(25)10-8-17)23(29)16-31-21-13-11-19(26)12-14-21/h7-14,20,22H,2-6,15-16H2,1H3,(H,27,30)/t22-/m1/s1. The van der Waals surface area contributed by atoms with E-state index in [1.165, 1.54) is 41.3 Å². The molecule has 1 fully saturated rings. The predicted octanol–water partition coefficient (Wildman–Crippen LogP) is 4.21. The van der Waals surface area contributed by atoms with Crippen molar-refractivity contribution in [1.82, 2.24) is 10.2 Å². The van der Waals surface area contributed by atoms with E-state index in [0.717, 1.165) is 25.7 Å². The number of benzene rings is 2. The van der Waals surface area contributed by atoms with E-state index in [9.17, 15) is 18.4 Å². The smallest absolute Gasteiger partial charge is 0.261 e. The van der Waals surface area contributed by atoms with Gasteiger partial charge >= 0.3 is 0 Å². The molecule has 0 aromatic heterocycles. The molecule has 7 heteroatoms. The van der Waals surface area contributed by atoms with Gasteiger partial charge in [0, 0.05) is 12.6 Å². The van der Waals surface area contributed by atoms with Crippen molar-refractivity contribution in [2.24, 2.45) is 0 Å². The Bertz CT molecular complexity index is 865. The zero-order chi connectivity index (χ0) is 22.2. The molecule has 1 saturated carbocycles. The van der Waals surface area contributed by atoms with E-state index < -0.39 is 11.9 Å². The molecule has 1 aliphatic carbocycles. The normalized spacial score (nSPS) is 14.8. The Labute approximate surface area is 181 Å². The molecule has 0 radical (unpaired) electrons. The maximum absolute atomic E-state index is 13.3. The van der Waals surface area contributed by atoms with E-state index in [2.05, 4.69) is 5.32 Å². The maximum atomic E-state index is 13.3. The van der Waals surface area contributed by atoms with E-state index in [4.69, 9.17) is 4.74 Å². The average molecular weight is 430 g/mol. The quantitative estimate of drug-likeness (QED) is 0.648. The number of rotatable bonds is 9. The van der Waals surface area contributed by atoms with Crippen LogP contribution < -0.4 is 10.1 Å². The number of hydrogen-bond acceptors (Lipinski definition) is 3. The Morgan fingerprint density at radius 1 is 1.03 bits per heavy atom. The Morgan fingerprint density at radius 3 is 2.19 bits per heavy atom. The summed E-state index contributed by atoms with van der Waals surface area (Å²) in [6.07, 6.45) is 4.50. The third-order valence-electron chi connectivity index (χ3n) is 5.53. The highest BCUT2D eigenvalue weighted by atomic mass is 19.1. The van der Waals surface area contributed by atoms with Crippen molar-refractivity contribution in [3.63, 3.8) is 0 Å². The molecule has 2 amide bonds. The number of amides is 2. The monoisotopic (exact) mass is 430 g/mol. The molecule has 1 atom stereocenters. The van der Waals surface area contributed by atoms with Crippen molar-refractivity contribution in [1.29, 1.82) is 0 Å². The van der Waals surface area contributed by atoms with Gasteiger partial charge in [0.1, 0.15) is 23.4 Å². The number of halogens is 2. The van der Waals surface area contributed by atoms with E-state index in [1.54, 1.807) is 12.1 Å². The molecule has 3 rings (SSSR count). The molecule has 2 aromatic carbocycles. The minimum absolute atomic E-state index is 0.139. The van der Waals surface area contributed by atoms with Crippen LogP contribution in [-0.2, 0) is 16.1 Å². The number of carbonyl (C=O) groups is 2. The van der Waals surface area contributed by atoms with E-state index in [-0.39, 0.29) is 36.8 Å². The van der Waals surface area contributed by atoms with Gasteiger partial charge in [-0.05, 0) is 61.2 Å². The first-order chi connectivity index (χ1) is 15.0. The zero-order valence-corrected chi connectivity index (χ0v) is 17.7. The number of nitrogens with one attached hydrogen (secondary N) is 1. The highest BCUT2D eigenvalue weighted by Gasteiger charge is 2.30. The minimum atomic E-state index is -0.671. The van der Waals surface area contributed by atoms with E-state index in [1.807, 2.05) is 6.92 Å². The van der Waals surface area contributed by atoms with Gasteiger partial charge in [0.25, 0.3) is 5.91 Å².